The highest BCUT2D eigenvalue weighted by Crippen LogP contribution is 2.37. The van der Waals surface area contributed by atoms with Gasteiger partial charge in [-0.15, -0.1) is 0 Å². The molecule has 0 radical (unpaired) electrons. The van der Waals surface area contributed by atoms with E-state index >= 15 is 0 Å². The van der Waals surface area contributed by atoms with Gasteiger partial charge in [0.25, 0.3) is 18.2 Å². The van der Waals surface area contributed by atoms with Crippen molar-refractivity contribution >= 4 is 29.1 Å². The standard InChI is InChI=1S/C29H28F5N5O3/c1-15(2)25(40)37-12-16-9-20(23(24(30)31)36-11-16)26(41)38-17-5-7-21-19(10-17)27(42)39(14-28(21,3)4)18-6-8-22(35-13-18)29(32,33)34/h5-11,13,15,24H,12,14H2,1-4H3,(H,37,40)(H,38,41). The number of amides is 3. The molecule has 0 saturated carbocycles. The molecule has 0 atom stereocenters. The van der Waals surface area contributed by atoms with Gasteiger partial charge in [0.05, 0.1) is 17.4 Å². The fourth-order valence-electron chi connectivity index (χ4n) is 4.57. The number of anilines is 2. The first-order valence-electron chi connectivity index (χ1n) is 12.9. The van der Waals surface area contributed by atoms with Crippen molar-refractivity contribution in [2.45, 2.75) is 52.3 Å². The third kappa shape index (κ3) is 6.39. The number of fused-ring (bicyclic) bond motifs is 1. The van der Waals surface area contributed by atoms with Gasteiger partial charge in [-0.3, -0.25) is 19.4 Å². The lowest BCUT2D eigenvalue weighted by molar-refractivity contribution is -0.141. The van der Waals surface area contributed by atoms with Gasteiger partial charge >= 0.3 is 6.18 Å². The lowest BCUT2D eigenvalue weighted by Gasteiger charge is -2.39. The molecule has 2 N–H and O–H groups in total. The SMILES string of the molecule is CC(C)C(=O)NCc1cnc(C(F)F)c(C(=O)Nc2ccc3c(c2)C(=O)N(c2ccc(C(F)(F)F)nc2)CC3(C)C)c1. The quantitative estimate of drug-likeness (QED) is 0.334. The van der Waals surface area contributed by atoms with Crippen molar-refractivity contribution in [1.82, 2.24) is 15.3 Å². The molecule has 1 aliphatic rings. The van der Waals surface area contributed by atoms with E-state index in [0.717, 1.165) is 24.5 Å². The minimum absolute atomic E-state index is 0.0229. The van der Waals surface area contributed by atoms with Crippen LogP contribution in [0, 0.1) is 5.92 Å². The third-order valence-corrected chi connectivity index (χ3v) is 6.80. The summed E-state index contributed by atoms with van der Waals surface area (Å²) in [6.07, 6.45) is -5.56. The largest absolute Gasteiger partial charge is 0.433 e. The summed E-state index contributed by atoms with van der Waals surface area (Å²) in [6.45, 7) is 7.22. The fourth-order valence-corrected chi connectivity index (χ4v) is 4.57. The van der Waals surface area contributed by atoms with Crippen molar-refractivity contribution in [3.05, 3.63) is 82.4 Å². The molecule has 1 aliphatic heterocycles. The summed E-state index contributed by atoms with van der Waals surface area (Å²) in [5.41, 5.74) is -1.42. The van der Waals surface area contributed by atoms with E-state index in [1.807, 2.05) is 13.8 Å². The van der Waals surface area contributed by atoms with Crippen LogP contribution in [0.25, 0.3) is 0 Å². The van der Waals surface area contributed by atoms with Crippen molar-refractivity contribution < 1.29 is 36.3 Å². The molecule has 3 heterocycles. The Kier molecular flexibility index (Phi) is 8.33. The van der Waals surface area contributed by atoms with Gasteiger partial charge in [0.1, 0.15) is 11.4 Å². The summed E-state index contributed by atoms with van der Waals surface area (Å²) in [7, 11) is 0. The maximum atomic E-state index is 13.7. The molecule has 2 aromatic heterocycles. The first-order chi connectivity index (χ1) is 19.6. The molecule has 1 aromatic carbocycles. The van der Waals surface area contributed by atoms with E-state index in [1.54, 1.807) is 19.9 Å². The van der Waals surface area contributed by atoms with E-state index in [0.29, 0.717) is 11.1 Å². The molecular weight excluding hydrogens is 561 g/mol. The average molecular weight is 590 g/mol. The summed E-state index contributed by atoms with van der Waals surface area (Å²) in [6, 6.07) is 7.73. The number of nitrogens with one attached hydrogen (secondary N) is 2. The van der Waals surface area contributed by atoms with Crippen LogP contribution in [0.3, 0.4) is 0 Å². The molecule has 0 unspecified atom stereocenters. The Bertz CT molecular complexity index is 1520. The third-order valence-electron chi connectivity index (χ3n) is 6.80. The molecule has 222 valence electrons. The zero-order valence-electron chi connectivity index (χ0n) is 23.1. The summed E-state index contributed by atoms with van der Waals surface area (Å²) in [5, 5.41) is 5.17. The van der Waals surface area contributed by atoms with Crippen molar-refractivity contribution in [2.24, 2.45) is 5.92 Å². The minimum atomic E-state index is -4.63. The number of rotatable bonds is 7. The van der Waals surface area contributed by atoms with Crippen molar-refractivity contribution in [2.75, 3.05) is 16.8 Å². The predicted octanol–water partition coefficient (Wildman–Crippen LogP) is 5.90. The van der Waals surface area contributed by atoms with Crippen LogP contribution in [0.5, 0.6) is 0 Å². The molecule has 0 aliphatic carbocycles. The Morgan fingerprint density at radius 2 is 1.76 bits per heavy atom. The van der Waals surface area contributed by atoms with Crippen molar-refractivity contribution in [3.8, 4) is 0 Å². The number of alkyl halides is 5. The molecule has 0 spiro atoms. The molecule has 3 aromatic rings. The lowest BCUT2D eigenvalue weighted by atomic mass is 9.77. The monoisotopic (exact) mass is 589 g/mol. The summed E-state index contributed by atoms with van der Waals surface area (Å²) < 4.78 is 66.4. The highest BCUT2D eigenvalue weighted by atomic mass is 19.4. The molecule has 4 rings (SSSR count). The molecule has 42 heavy (non-hydrogen) atoms. The van der Waals surface area contributed by atoms with Gasteiger partial charge in [-0.1, -0.05) is 33.8 Å². The Morgan fingerprint density at radius 1 is 1.05 bits per heavy atom. The van der Waals surface area contributed by atoms with Crippen LogP contribution in [0.1, 0.15) is 77.4 Å². The smallest absolute Gasteiger partial charge is 0.352 e. The highest BCUT2D eigenvalue weighted by Gasteiger charge is 2.38. The zero-order valence-corrected chi connectivity index (χ0v) is 23.1. The number of hydrogen-bond donors (Lipinski definition) is 2. The number of pyridine rings is 2. The first-order valence-corrected chi connectivity index (χ1v) is 12.9. The van der Waals surface area contributed by atoms with Gasteiger partial charge in [-0.05, 0) is 41.5 Å². The summed E-state index contributed by atoms with van der Waals surface area (Å²) >= 11 is 0. The van der Waals surface area contributed by atoms with E-state index in [4.69, 9.17) is 0 Å². The normalized spacial score (nSPS) is 14.6. The molecule has 13 heteroatoms. The molecule has 0 saturated heterocycles. The number of halogens is 5. The number of nitrogens with zero attached hydrogens (tertiary/aromatic N) is 3. The Balaban J connectivity index is 1.62. The lowest BCUT2D eigenvalue weighted by Crippen LogP contribution is -2.47. The number of hydrogen-bond acceptors (Lipinski definition) is 5. The maximum absolute atomic E-state index is 13.7. The second-order valence-corrected chi connectivity index (χ2v) is 10.8. The topological polar surface area (TPSA) is 104 Å². The number of benzene rings is 1. The van der Waals surface area contributed by atoms with E-state index < -0.39 is 46.8 Å². The van der Waals surface area contributed by atoms with Crippen LogP contribution in [0.4, 0.5) is 33.3 Å². The van der Waals surface area contributed by atoms with Crippen LogP contribution in [0.2, 0.25) is 0 Å². The van der Waals surface area contributed by atoms with Crippen LogP contribution in [-0.4, -0.2) is 34.2 Å². The van der Waals surface area contributed by atoms with Crippen molar-refractivity contribution in [3.63, 3.8) is 0 Å². The van der Waals surface area contributed by atoms with Gasteiger partial charge in [0.15, 0.2) is 0 Å². The van der Waals surface area contributed by atoms with Crippen LogP contribution < -0.4 is 15.5 Å². The molecule has 3 amide bonds. The van der Waals surface area contributed by atoms with Gasteiger partial charge in [0, 0.05) is 41.9 Å². The van der Waals surface area contributed by atoms with Gasteiger partial charge < -0.3 is 15.5 Å². The number of carbonyl (C=O) groups is 3. The highest BCUT2D eigenvalue weighted by molar-refractivity contribution is 6.10. The number of aromatic nitrogens is 2. The van der Waals surface area contributed by atoms with E-state index in [2.05, 4.69) is 20.6 Å². The molecular formula is C29H28F5N5O3. The Morgan fingerprint density at radius 3 is 2.36 bits per heavy atom. The minimum Gasteiger partial charge on any atom is -0.352 e. The van der Waals surface area contributed by atoms with E-state index in [9.17, 15) is 36.3 Å². The van der Waals surface area contributed by atoms with Crippen molar-refractivity contribution in [1.29, 1.82) is 0 Å². The second kappa shape index (κ2) is 11.5. The van der Waals surface area contributed by atoms with Crippen LogP contribution in [0.15, 0.2) is 48.8 Å². The first kappa shape index (κ1) is 30.5. The Labute approximate surface area is 238 Å². The average Bonchev–Trinajstić information content (AvgIpc) is 2.93. The van der Waals surface area contributed by atoms with Gasteiger partial charge in [-0.25, -0.2) is 13.8 Å². The van der Waals surface area contributed by atoms with Crippen LogP contribution in [-0.2, 0) is 22.9 Å². The molecule has 8 nitrogen and oxygen atoms in total. The maximum Gasteiger partial charge on any atom is 0.433 e. The summed E-state index contributed by atoms with van der Waals surface area (Å²) in [4.78, 5) is 47.0. The fraction of sp³-hybridized carbons (Fsp3) is 0.345. The van der Waals surface area contributed by atoms with E-state index in [1.165, 1.54) is 23.1 Å². The molecule has 0 fully saturated rings. The molecule has 0 bridgehead atoms. The Hall–Kier alpha value is -4.42. The zero-order chi connectivity index (χ0) is 31.0. The van der Waals surface area contributed by atoms with E-state index in [-0.39, 0.29) is 41.9 Å². The summed E-state index contributed by atoms with van der Waals surface area (Å²) in [5.74, 6) is -1.99. The number of carbonyl (C=O) groups excluding carboxylic acids is 3. The van der Waals surface area contributed by atoms with Gasteiger partial charge in [-0.2, -0.15) is 13.2 Å². The predicted molar refractivity (Wildman–Crippen MR) is 144 cm³/mol. The second-order valence-electron chi connectivity index (χ2n) is 10.8. The van der Waals surface area contributed by atoms with Gasteiger partial charge in [0.2, 0.25) is 5.91 Å². The van der Waals surface area contributed by atoms with Crippen LogP contribution >= 0.6 is 0 Å².